The fraction of sp³-hybridized carbons (Fsp3) is 0.400. The molecule has 0 spiro atoms. The van der Waals surface area contributed by atoms with E-state index in [-0.39, 0.29) is 22.5 Å². The minimum atomic E-state index is -0.470. The summed E-state index contributed by atoms with van der Waals surface area (Å²) in [5.74, 6) is 0.120. The molecular formula is C10H13ClN6O. The standard InChI is InChI=1S/C10H13ClN6O/c11-7-9(13)17-8(12)6(16-7)10(18)15-5-3-1-2-4-14-5/h1-4H2,(H4,12,13,17)(H,14,15,18). The van der Waals surface area contributed by atoms with Gasteiger partial charge < -0.3 is 16.8 Å². The third-order valence-corrected chi connectivity index (χ3v) is 2.78. The van der Waals surface area contributed by atoms with Crippen LogP contribution in [-0.2, 0) is 0 Å². The maximum atomic E-state index is 11.9. The van der Waals surface area contributed by atoms with Crippen LogP contribution in [0.2, 0.25) is 5.15 Å². The topological polar surface area (TPSA) is 119 Å². The van der Waals surface area contributed by atoms with Gasteiger partial charge in [-0.15, -0.1) is 0 Å². The molecule has 1 aromatic heterocycles. The number of carbonyl (C=O) groups is 1. The highest BCUT2D eigenvalue weighted by molar-refractivity contribution is 6.31. The zero-order valence-electron chi connectivity index (χ0n) is 9.61. The van der Waals surface area contributed by atoms with Crippen LogP contribution >= 0.6 is 11.6 Å². The lowest BCUT2D eigenvalue weighted by Crippen LogP contribution is -2.33. The highest BCUT2D eigenvalue weighted by Gasteiger charge is 2.18. The minimum Gasteiger partial charge on any atom is -0.382 e. The van der Waals surface area contributed by atoms with Gasteiger partial charge >= 0.3 is 0 Å². The first-order valence-electron chi connectivity index (χ1n) is 5.51. The van der Waals surface area contributed by atoms with Crippen LogP contribution in [0.1, 0.15) is 29.8 Å². The number of hydrogen-bond donors (Lipinski definition) is 3. The lowest BCUT2D eigenvalue weighted by molar-refractivity contribution is 0.0972. The number of amides is 1. The van der Waals surface area contributed by atoms with Gasteiger partial charge in [0, 0.05) is 13.0 Å². The number of nitrogen functional groups attached to an aromatic ring is 2. The van der Waals surface area contributed by atoms with Gasteiger partial charge in [0.05, 0.1) is 0 Å². The van der Waals surface area contributed by atoms with Gasteiger partial charge in [-0.1, -0.05) is 11.6 Å². The van der Waals surface area contributed by atoms with Crippen LogP contribution < -0.4 is 16.8 Å². The molecule has 1 aliphatic heterocycles. The van der Waals surface area contributed by atoms with E-state index in [9.17, 15) is 4.79 Å². The minimum absolute atomic E-state index is 0.000670. The molecule has 7 nitrogen and oxygen atoms in total. The smallest absolute Gasteiger partial charge is 0.279 e. The summed E-state index contributed by atoms with van der Waals surface area (Å²) in [6.45, 7) is 0.721. The number of carbonyl (C=O) groups excluding carboxylic acids is 1. The number of aliphatic imine (C=N–C) groups is 1. The second-order valence-corrected chi connectivity index (χ2v) is 4.23. The van der Waals surface area contributed by atoms with Crippen LogP contribution in [0.25, 0.3) is 0 Å². The number of aromatic nitrogens is 2. The summed E-state index contributed by atoms with van der Waals surface area (Å²) >= 11 is 5.71. The van der Waals surface area contributed by atoms with Crippen molar-refractivity contribution in [1.82, 2.24) is 15.3 Å². The van der Waals surface area contributed by atoms with Crippen LogP contribution in [0.3, 0.4) is 0 Å². The number of hydrogen-bond acceptors (Lipinski definition) is 6. The van der Waals surface area contributed by atoms with E-state index in [0.29, 0.717) is 5.84 Å². The highest BCUT2D eigenvalue weighted by Crippen LogP contribution is 2.17. The predicted molar refractivity (Wildman–Crippen MR) is 69.5 cm³/mol. The Morgan fingerprint density at radius 1 is 1.22 bits per heavy atom. The molecule has 5 N–H and O–H groups in total. The second-order valence-electron chi connectivity index (χ2n) is 3.87. The molecule has 1 aromatic rings. The van der Waals surface area contributed by atoms with E-state index in [1.807, 2.05) is 0 Å². The summed E-state index contributed by atoms with van der Waals surface area (Å²) in [4.78, 5) is 23.7. The maximum absolute atomic E-state index is 11.9. The normalized spacial score (nSPS) is 15.1. The molecule has 1 amide bonds. The molecule has 96 valence electrons. The van der Waals surface area contributed by atoms with Crippen LogP contribution in [0.5, 0.6) is 0 Å². The number of halogens is 1. The van der Waals surface area contributed by atoms with Crippen molar-refractivity contribution in [3.05, 3.63) is 10.8 Å². The van der Waals surface area contributed by atoms with Crippen molar-refractivity contribution in [2.24, 2.45) is 4.99 Å². The molecule has 0 atom stereocenters. The summed E-state index contributed by atoms with van der Waals surface area (Å²) in [5.41, 5.74) is 11.0. The summed E-state index contributed by atoms with van der Waals surface area (Å²) in [6, 6.07) is 0. The lowest BCUT2D eigenvalue weighted by atomic mass is 10.2. The number of nitrogens with zero attached hydrogens (tertiary/aromatic N) is 3. The second kappa shape index (κ2) is 5.18. The number of anilines is 2. The third kappa shape index (κ3) is 2.67. The van der Waals surface area contributed by atoms with E-state index in [0.717, 1.165) is 25.8 Å². The fourth-order valence-corrected chi connectivity index (χ4v) is 1.73. The van der Waals surface area contributed by atoms with Gasteiger partial charge in [0.15, 0.2) is 22.5 Å². The average Bonchev–Trinajstić information content (AvgIpc) is 2.35. The Hall–Kier alpha value is -1.89. The first-order valence-corrected chi connectivity index (χ1v) is 5.89. The summed E-state index contributed by atoms with van der Waals surface area (Å²) in [7, 11) is 0. The molecule has 0 saturated heterocycles. The van der Waals surface area contributed by atoms with Crippen molar-refractivity contribution >= 4 is 35.0 Å². The van der Waals surface area contributed by atoms with E-state index in [2.05, 4.69) is 20.3 Å². The molecule has 0 unspecified atom stereocenters. The zero-order valence-corrected chi connectivity index (χ0v) is 10.4. The Morgan fingerprint density at radius 3 is 2.67 bits per heavy atom. The van der Waals surface area contributed by atoms with Crippen molar-refractivity contribution in [2.75, 3.05) is 18.0 Å². The molecule has 0 bridgehead atoms. The number of nitrogens with two attached hydrogens (primary N) is 2. The van der Waals surface area contributed by atoms with Crippen molar-refractivity contribution in [1.29, 1.82) is 0 Å². The largest absolute Gasteiger partial charge is 0.382 e. The molecule has 0 saturated carbocycles. The number of nitrogens with one attached hydrogen (secondary N) is 1. The molecule has 2 heterocycles. The molecule has 2 rings (SSSR count). The highest BCUT2D eigenvalue weighted by atomic mass is 35.5. The Morgan fingerprint density at radius 2 is 2.00 bits per heavy atom. The van der Waals surface area contributed by atoms with Gasteiger partial charge in [0.1, 0.15) is 5.84 Å². The van der Waals surface area contributed by atoms with E-state index in [1.165, 1.54) is 0 Å². The van der Waals surface area contributed by atoms with Gasteiger partial charge in [-0.3, -0.25) is 9.79 Å². The molecular weight excluding hydrogens is 256 g/mol. The van der Waals surface area contributed by atoms with Gasteiger partial charge in [-0.2, -0.15) is 0 Å². The third-order valence-electron chi connectivity index (χ3n) is 2.50. The summed E-state index contributed by atoms with van der Waals surface area (Å²) in [5, 5.41) is 2.61. The molecule has 1 aliphatic rings. The SMILES string of the molecule is Nc1nc(N)c(C(=O)NC2=NCCCC2)nc1Cl. The molecule has 0 fully saturated rings. The lowest BCUT2D eigenvalue weighted by Gasteiger charge is -2.13. The van der Waals surface area contributed by atoms with Crippen LogP contribution in [-0.4, -0.2) is 28.3 Å². The molecule has 0 aliphatic carbocycles. The van der Waals surface area contributed by atoms with Gasteiger partial charge in [-0.05, 0) is 12.8 Å². The molecule has 0 radical (unpaired) electrons. The fourth-order valence-electron chi connectivity index (χ4n) is 1.60. The van der Waals surface area contributed by atoms with Crippen molar-refractivity contribution in [3.8, 4) is 0 Å². The first-order chi connectivity index (χ1) is 8.58. The van der Waals surface area contributed by atoms with E-state index in [1.54, 1.807) is 0 Å². The van der Waals surface area contributed by atoms with Gasteiger partial charge in [0.2, 0.25) is 0 Å². The number of amidine groups is 1. The van der Waals surface area contributed by atoms with Crippen molar-refractivity contribution in [2.45, 2.75) is 19.3 Å². The Kier molecular flexibility index (Phi) is 3.61. The van der Waals surface area contributed by atoms with E-state index < -0.39 is 5.91 Å². The van der Waals surface area contributed by atoms with Gasteiger partial charge in [-0.25, -0.2) is 9.97 Å². The molecule has 0 aromatic carbocycles. The Balaban J connectivity index is 2.18. The molecule has 18 heavy (non-hydrogen) atoms. The average molecular weight is 269 g/mol. The van der Waals surface area contributed by atoms with Crippen molar-refractivity contribution in [3.63, 3.8) is 0 Å². The summed E-state index contributed by atoms with van der Waals surface area (Å²) in [6.07, 6.45) is 2.78. The Labute approximate surface area is 109 Å². The first kappa shape index (κ1) is 12.6. The maximum Gasteiger partial charge on any atom is 0.279 e. The molecule has 8 heteroatoms. The van der Waals surface area contributed by atoms with E-state index in [4.69, 9.17) is 23.1 Å². The zero-order chi connectivity index (χ0) is 13.1. The number of rotatable bonds is 1. The summed E-state index contributed by atoms with van der Waals surface area (Å²) < 4.78 is 0. The van der Waals surface area contributed by atoms with Crippen molar-refractivity contribution < 1.29 is 4.79 Å². The van der Waals surface area contributed by atoms with Gasteiger partial charge in [0.25, 0.3) is 5.91 Å². The predicted octanol–water partition coefficient (Wildman–Crippen LogP) is 0.607. The van der Waals surface area contributed by atoms with Crippen LogP contribution in [0.4, 0.5) is 11.6 Å². The Bertz CT molecular complexity index is 515. The quantitative estimate of drug-likeness (QED) is 0.689. The van der Waals surface area contributed by atoms with Crippen LogP contribution in [0, 0.1) is 0 Å². The van der Waals surface area contributed by atoms with E-state index >= 15 is 0 Å². The monoisotopic (exact) mass is 268 g/mol. The van der Waals surface area contributed by atoms with Crippen LogP contribution in [0.15, 0.2) is 4.99 Å².